The van der Waals surface area contributed by atoms with Crippen molar-refractivity contribution in [1.82, 2.24) is 0 Å². The molecule has 0 heterocycles. The average Bonchev–Trinajstić information content (AvgIpc) is 3.07. The van der Waals surface area contributed by atoms with E-state index in [0.29, 0.717) is 43.7 Å². The Morgan fingerprint density at radius 2 is 1.57 bits per heavy atom. The first kappa shape index (κ1) is 35.6. The number of phenolic OH excluding ortho intramolecular Hbond substituents is 1. The number of ketones is 1. The number of anilines is 1. The molecule has 0 aliphatic rings. The van der Waals surface area contributed by atoms with E-state index >= 15 is 0 Å². The molecular weight excluding hydrogens is 720 g/mol. The highest BCUT2D eigenvalue weighted by Gasteiger charge is 2.14. The minimum Gasteiger partial charge on any atom is -0.506 e. The molecule has 1 amide bonds. The van der Waals surface area contributed by atoms with Crippen LogP contribution < -0.4 is 14.8 Å². The summed E-state index contributed by atoms with van der Waals surface area (Å²) in [6.07, 6.45) is 4.53. The molecule has 0 atom stereocenters. The molecule has 0 fully saturated rings. The number of nitrogens with one attached hydrogen (secondary N) is 1. The van der Waals surface area contributed by atoms with Crippen LogP contribution in [0.4, 0.5) is 5.69 Å². The Balaban J connectivity index is 0.000000259. The van der Waals surface area contributed by atoms with Crippen molar-refractivity contribution in [2.24, 2.45) is 0 Å². The highest BCUT2D eigenvalue weighted by molar-refractivity contribution is 9.11. The minimum absolute atomic E-state index is 0.0130. The van der Waals surface area contributed by atoms with Crippen LogP contribution in [0.3, 0.4) is 0 Å². The quantitative estimate of drug-likeness (QED) is 0.0734. The van der Waals surface area contributed by atoms with Crippen LogP contribution in [0.2, 0.25) is 0 Å². The van der Waals surface area contributed by atoms with Gasteiger partial charge in [0.25, 0.3) is 5.91 Å². The lowest BCUT2D eigenvalue weighted by atomic mass is 10.1. The number of carbonyl (C=O) groups excluding carboxylic acids is 2. The normalized spacial score (nSPS) is 10.8. The third-order valence-corrected chi connectivity index (χ3v) is 7.41. The van der Waals surface area contributed by atoms with E-state index in [1.54, 1.807) is 60.7 Å². The van der Waals surface area contributed by atoms with Crippen molar-refractivity contribution >= 4 is 61.4 Å². The zero-order valence-corrected chi connectivity index (χ0v) is 28.0. The molecular formula is C35H30Br2N2O7. The number of aromatic hydroxyl groups is 2. The summed E-state index contributed by atoms with van der Waals surface area (Å²) in [5.41, 5.74) is 2.65. The summed E-state index contributed by atoms with van der Waals surface area (Å²) in [4.78, 5) is 24.4. The molecule has 46 heavy (non-hydrogen) atoms. The maximum Gasteiger partial charge on any atom is 0.266 e. The average molecular weight is 750 g/mol. The lowest BCUT2D eigenvalue weighted by Gasteiger charge is -2.11. The number of rotatable bonds is 10. The number of ether oxygens (including phenoxy) is 2. The molecule has 4 N–H and O–H groups in total. The molecule has 11 heteroatoms. The molecule has 4 aromatic carbocycles. The van der Waals surface area contributed by atoms with Gasteiger partial charge in [0.2, 0.25) is 0 Å². The molecule has 0 unspecified atom stereocenters. The maximum absolute atomic E-state index is 12.5. The lowest BCUT2D eigenvalue weighted by molar-refractivity contribution is -0.112. The van der Waals surface area contributed by atoms with Gasteiger partial charge in [0, 0.05) is 11.1 Å². The molecule has 0 aliphatic carbocycles. The summed E-state index contributed by atoms with van der Waals surface area (Å²) in [5, 5.41) is 40.7. The number of aliphatic hydroxyl groups excluding tert-OH is 1. The zero-order chi connectivity index (χ0) is 33.6. The van der Waals surface area contributed by atoms with Gasteiger partial charge in [-0.25, -0.2) is 0 Å². The Hall–Kier alpha value is -4.89. The Labute approximate surface area is 283 Å². The summed E-state index contributed by atoms with van der Waals surface area (Å²) in [6, 6.07) is 24.3. The number of methoxy groups -OCH3 is 1. The van der Waals surface area contributed by atoms with Crippen LogP contribution in [-0.2, 0) is 11.4 Å². The number of amides is 1. The smallest absolute Gasteiger partial charge is 0.266 e. The van der Waals surface area contributed by atoms with E-state index in [0.717, 1.165) is 5.56 Å². The van der Waals surface area contributed by atoms with Crippen LogP contribution in [0, 0.1) is 11.3 Å². The molecule has 236 valence electrons. The van der Waals surface area contributed by atoms with Crippen LogP contribution in [0.25, 0.3) is 12.2 Å². The SMILES string of the molecule is CCOc1ccccc1NC(=O)/C(C#N)=C/c1cc(Br)c(O)c(OC)c1.O=C(/C=C/c1cc(Br)c(O)c(CO)c1)c1ccccc1. The lowest BCUT2D eigenvalue weighted by Crippen LogP contribution is -2.14. The van der Waals surface area contributed by atoms with Crippen LogP contribution in [0.15, 0.2) is 99.5 Å². The predicted octanol–water partition coefficient (Wildman–Crippen LogP) is 7.65. The first-order valence-corrected chi connectivity index (χ1v) is 15.3. The molecule has 0 radical (unpaired) electrons. The van der Waals surface area contributed by atoms with Crippen LogP contribution in [0.5, 0.6) is 23.0 Å². The first-order chi connectivity index (χ1) is 22.1. The molecule has 0 saturated carbocycles. The molecule has 0 bridgehead atoms. The van der Waals surface area contributed by atoms with Gasteiger partial charge in [-0.2, -0.15) is 5.26 Å². The van der Waals surface area contributed by atoms with Gasteiger partial charge in [0.15, 0.2) is 17.3 Å². The molecule has 4 aromatic rings. The fourth-order valence-corrected chi connectivity index (χ4v) is 4.93. The van der Waals surface area contributed by atoms with Crippen molar-refractivity contribution in [3.63, 3.8) is 0 Å². The van der Waals surface area contributed by atoms with Gasteiger partial charge in [0.05, 0.1) is 35.0 Å². The summed E-state index contributed by atoms with van der Waals surface area (Å²) < 4.78 is 11.4. The van der Waals surface area contributed by atoms with E-state index in [-0.39, 0.29) is 35.2 Å². The van der Waals surface area contributed by atoms with Crippen LogP contribution >= 0.6 is 31.9 Å². The first-order valence-electron chi connectivity index (χ1n) is 13.7. The number of benzene rings is 4. The number of hydrogen-bond donors (Lipinski definition) is 4. The van der Waals surface area contributed by atoms with E-state index in [1.165, 1.54) is 25.3 Å². The highest BCUT2D eigenvalue weighted by Crippen LogP contribution is 2.36. The topological polar surface area (TPSA) is 149 Å². The monoisotopic (exact) mass is 748 g/mol. The standard InChI is InChI=1S/C19H17BrN2O4.C16H13BrO3/c1-3-26-16-7-5-4-6-15(16)22-19(24)13(11-21)8-12-9-14(20)18(23)17(10-12)25-2;17-14-9-11(8-13(10-18)16(14)20)6-7-15(19)12-4-2-1-3-5-12/h4-10,23H,3H2,1-2H3,(H,22,24);1-9,18,20H,10H2/b13-8+;7-6+. The largest absolute Gasteiger partial charge is 0.506 e. The summed E-state index contributed by atoms with van der Waals surface area (Å²) >= 11 is 6.42. The number of aliphatic hydroxyl groups is 1. The Morgan fingerprint density at radius 3 is 2.22 bits per heavy atom. The third-order valence-electron chi connectivity index (χ3n) is 6.20. The van der Waals surface area contributed by atoms with Crippen molar-refractivity contribution in [3.8, 4) is 29.1 Å². The number of para-hydroxylation sites is 2. The fourth-order valence-electron chi connectivity index (χ4n) is 3.96. The van der Waals surface area contributed by atoms with Gasteiger partial charge in [-0.1, -0.05) is 48.5 Å². The van der Waals surface area contributed by atoms with E-state index < -0.39 is 5.91 Å². The Morgan fingerprint density at radius 1 is 0.913 bits per heavy atom. The van der Waals surface area contributed by atoms with E-state index in [1.807, 2.05) is 31.2 Å². The second-order valence-electron chi connectivity index (χ2n) is 9.34. The second kappa shape index (κ2) is 17.6. The number of nitriles is 1. The maximum atomic E-state index is 12.5. The molecule has 4 rings (SSSR count). The van der Waals surface area contributed by atoms with Crippen molar-refractivity contribution in [1.29, 1.82) is 5.26 Å². The van der Waals surface area contributed by atoms with Crippen LogP contribution in [0.1, 0.15) is 34.0 Å². The number of halogens is 2. The molecule has 0 saturated heterocycles. The number of phenols is 2. The van der Waals surface area contributed by atoms with Gasteiger partial charge < -0.3 is 30.1 Å². The van der Waals surface area contributed by atoms with E-state index in [9.17, 15) is 25.1 Å². The number of nitrogens with zero attached hydrogens (tertiary/aromatic N) is 1. The van der Waals surface area contributed by atoms with Gasteiger partial charge in [-0.3, -0.25) is 9.59 Å². The Kier molecular flexibility index (Phi) is 13.6. The van der Waals surface area contributed by atoms with Crippen LogP contribution in [-0.4, -0.2) is 40.7 Å². The van der Waals surface area contributed by atoms with E-state index in [4.69, 9.17) is 14.6 Å². The highest BCUT2D eigenvalue weighted by atomic mass is 79.9. The Bertz CT molecular complexity index is 1800. The molecule has 9 nitrogen and oxygen atoms in total. The van der Waals surface area contributed by atoms with Crippen molar-refractivity contribution in [2.75, 3.05) is 19.0 Å². The molecule has 0 aromatic heterocycles. The number of hydrogen-bond acceptors (Lipinski definition) is 8. The zero-order valence-electron chi connectivity index (χ0n) is 24.8. The van der Waals surface area contributed by atoms with Gasteiger partial charge in [-0.05, 0) is 98.5 Å². The second-order valence-corrected chi connectivity index (χ2v) is 11.0. The van der Waals surface area contributed by atoms with Gasteiger partial charge >= 0.3 is 0 Å². The summed E-state index contributed by atoms with van der Waals surface area (Å²) in [6.45, 7) is 2.03. The summed E-state index contributed by atoms with van der Waals surface area (Å²) in [7, 11) is 1.41. The fraction of sp³-hybridized carbons (Fsp3) is 0.114. The molecule has 0 aliphatic heterocycles. The summed E-state index contributed by atoms with van der Waals surface area (Å²) in [5.74, 6) is 0.0418. The van der Waals surface area contributed by atoms with Gasteiger partial charge in [0.1, 0.15) is 23.1 Å². The van der Waals surface area contributed by atoms with Crippen molar-refractivity contribution in [2.45, 2.75) is 13.5 Å². The number of carbonyl (C=O) groups is 2. The third kappa shape index (κ3) is 9.81. The van der Waals surface area contributed by atoms with Crippen molar-refractivity contribution < 1.29 is 34.4 Å². The molecule has 0 spiro atoms. The van der Waals surface area contributed by atoms with E-state index in [2.05, 4.69) is 37.2 Å². The number of allylic oxidation sites excluding steroid dienone is 1. The van der Waals surface area contributed by atoms with Gasteiger partial charge in [-0.15, -0.1) is 0 Å². The van der Waals surface area contributed by atoms with Crippen molar-refractivity contribution in [3.05, 3.63) is 122 Å². The predicted molar refractivity (Wildman–Crippen MR) is 184 cm³/mol. The minimum atomic E-state index is -0.567.